The average molecular weight is 416 g/mol. The maximum atomic E-state index is 13.0. The maximum Gasteiger partial charge on any atom is 0.274 e. The van der Waals surface area contributed by atoms with Crippen molar-refractivity contribution in [2.75, 3.05) is 13.1 Å². The first-order valence-electron chi connectivity index (χ1n) is 10.1. The zero-order chi connectivity index (χ0) is 20.5. The first-order chi connectivity index (χ1) is 14.7. The van der Waals surface area contributed by atoms with Gasteiger partial charge in [0, 0.05) is 24.0 Å². The van der Waals surface area contributed by atoms with E-state index in [2.05, 4.69) is 0 Å². The zero-order valence-electron chi connectivity index (χ0n) is 16.5. The summed E-state index contributed by atoms with van der Waals surface area (Å²) in [6.45, 7) is 2.03. The molecule has 1 aliphatic heterocycles. The molecule has 5 nitrogen and oxygen atoms in total. The van der Waals surface area contributed by atoms with Gasteiger partial charge in [-0.25, -0.2) is 4.68 Å². The van der Waals surface area contributed by atoms with E-state index in [-0.39, 0.29) is 11.5 Å². The van der Waals surface area contributed by atoms with E-state index in [4.69, 9.17) is 5.10 Å². The quantitative estimate of drug-likeness (QED) is 0.496. The molecule has 0 radical (unpaired) electrons. The minimum Gasteiger partial charge on any atom is -0.339 e. The molecule has 0 bridgehead atoms. The van der Waals surface area contributed by atoms with Crippen LogP contribution in [0.4, 0.5) is 0 Å². The molecule has 30 heavy (non-hydrogen) atoms. The molecule has 2 aromatic heterocycles. The largest absolute Gasteiger partial charge is 0.339 e. The molecule has 1 amide bonds. The summed E-state index contributed by atoms with van der Waals surface area (Å²) in [5.74, 6) is 0.0834. The van der Waals surface area contributed by atoms with Crippen LogP contribution in [0.25, 0.3) is 21.3 Å². The van der Waals surface area contributed by atoms with Crippen LogP contribution < -0.4 is 5.56 Å². The van der Waals surface area contributed by atoms with E-state index in [1.807, 2.05) is 70.9 Å². The number of hydrogen-bond donors (Lipinski definition) is 0. The van der Waals surface area contributed by atoms with E-state index in [9.17, 15) is 9.59 Å². The highest BCUT2D eigenvalue weighted by Gasteiger charge is 2.19. The maximum absolute atomic E-state index is 13.0. The zero-order valence-corrected chi connectivity index (χ0v) is 17.3. The first kappa shape index (κ1) is 18.8. The van der Waals surface area contributed by atoms with Crippen LogP contribution in [0, 0.1) is 0 Å². The molecule has 150 valence electrons. The lowest BCUT2D eigenvalue weighted by Crippen LogP contribution is -2.27. The predicted molar refractivity (Wildman–Crippen MR) is 120 cm³/mol. The van der Waals surface area contributed by atoms with Gasteiger partial charge in [-0.15, -0.1) is 11.3 Å². The molecule has 2 aromatic carbocycles. The number of nitrogens with zero attached hydrogens (tertiary/aromatic N) is 3. The van der Waals surface area contributed by atoms with Gasteiger partial charge in [-0.1, -0.05) is 36.4 Å². The van der Waals surface area contributed by atoms with Crippen LogP contribution in [0.2, 0.25) is 0 Å². The number of amides is 1. The minimum absolute atomic E-state index is 0.0834. The third kappa shape index (κ3) is 3.44. The summed E-state index contributed by atoms with van der Waals surface area (Å²) in [7, 11) is 0. The van der Waals surface area contributed by atoms with E-state index < -0.39 is 0 Å². The number of likely N-dealkylation sites (tertiary alicyclic amines) is 1. The van der Waals surface area contributed by atoms with Gasteiger partial charge in [0.1, 0.15) is 5.69 Å². The van der Waals surface area contributed by atoms with Crippen LogP contribution in [0.1, 0.15) is 28.8 Å². The van der Waals surface area contributed by atoms with Crippen molar-refractivity contribution in [3.05, 3.63) is 87.5 Å². The number of rotatable bonds is 4. The number of benzene rings is 2. The Morgan fingerprint density at radius 3 is 2.37 bits per heavy atom. The van der Waals surface area contributed by atoms with Crippen molar-refractivity contribution >= 4 is 28.0 Å². The Labute approximate surface area is 178 Å². The standard InChI is InChI=1S/C24H21N3O2S/c28-23(26-13-3-4-14-26)18-11-9-17(10-12-18)16-27-24(29)20-7-2-1-6-19(20)22(25-27)21-8-5-15-30-21/h1-2,5-12,15H,3-4,13-14,16H2. The molecule has 0 saturated carbocycles. The highest BCUT2D eigenvalue weighted by atomic mass is 32.1. The normalized spacial score (nSPS) is 13.8. The van der Waals surface area contributed by atoms with Crippen LogP contribution in [0.15, 0.2) is 70.8 Å². The second kappa shape index (κ2) is 7.88. The van der Waals surface area contributed by atoms with Crippen molar-refractivity contribution in [1.29, 1.82) is 0 Å². The van der Waals surface area contributed by atoms with Gasteiger partial charge in [0.25, 0.3) is 11.5 Å². The Morgan fingerprint density at radius 2 is 1.67 bits per heavy atom. The van der Waals surface area contributed by atoms with Crippen LogP contribution in [-0.2, 0) is 6.54 Å². The lowest BCUT2D eigenvalue weighted by molar-refractivity contribution is 0.0793. The minimum atomic E-state index is -0.108. The van der Waals surface area contributed by atoms with Gasteiger partial charge >= 0.3 is 0 Å². The summed E-state index contributed by atoms with van der Waals surface area (Å²) in [6.07, 6.45) is 2.15. The summed E-state index contributed by atoms with van der Waals surface area (Å²) in [5.41, 5.74) is 2.35. The van der Waals surface area contributed by atoms with Crippen molar-refractivity contribution in [3.63, 3.8) is 0 Å². The van der Waals surface area contributed by atoms with E-state index in [0.717, 1.165) is 47.5 Å². The van der Waals surface area contributed by atoms with E-state index >= 15 is 0 Å². The van der Waals surface area contributed by atoms with Crippen LogP contribution in [0.5, 0.6) is 0 Å². The summed E-state index contributed by atoms with van der Waals surface area (Å²) in [5, 5.41) is 8.24. The van der Waals surface area contributed by atoms with Crippen molar-refractivity contribution in [1.82, 2.24) is 14.7 Å². The lowest BCUT2D eigenvalue weighted by Gasteiger charge is -2.15. The Kier molecular flexibility index (Phi) is 4.93. The number of fused-ring (bicyclic) bond motifs is 1. The van der Waals surface area contributed by atoms with E-state index in [0.29, 0.717) is 17.5 Å². The molecule has 1 aliphatic rings. The fourth-order valence-corrected chi connectivity index (χ4v) is 4.69. The average Bonchev–Trinajstić information content (AvgIpc) is 3.50. The van der Waals surface area contributed by atoms with E-state index in [1.165, 1.54) is 4.68 Å². The van der Waals surface area contributed by atoms with Crippen LogP contribution in [0.3, 0.4) is 0 Å². The fourth-order valence-electron chi connectivity index (χ4n) is 3.97. The lowest BCUT2D eigenvalue weighted by atomic mass is 10.1. The van der Waals surface area contributed by atoms with E-state index in [1.54, 1.807) is 11.3 Å². The molecular formula is C24H21N3O2S. The van der Waals surface area contributed by atoms with Gasteiger partial charge in [-0.05, 0) is 48.1 Å². The van der Waals surface area contributed by atoms with Gasteiger partial charge in [-0.2, -0.15) is 5.10 Å². The molecule has 0 spiro atoms. The topological polar surface area (TPSA) is 55.2 Å². The van der Waals surface area contributed by atoms with Gasteiger partial charge in [0.15, 0.2) is 0 Å². The summed E-state index contributed by atoms with van der Waals surface area (Å²) in [6, 6.07) is 19.1. The molecule has 6 heteroatoms. The summed E-state index contributed by atoms with van der Waals surface area (Å²) in [4.78, 5) is 28.5. The Morgan fingerprint density at radius 1 is 0.933 bits per heavy atom. The molecular weight excluding hydrogens is 394 g/mol. The first-order valence-corrected chi connectivity index (χ1v) is 11.0. The molecule has 5 rings (SSSR count). The SMILES string of the molecule is O=C(c1ccc(Cn2nc(-c3cccs3)c3ccccc3c2=O)cc1)N1CCCC1. The molecule has 1 fully saturated rings. The van der Waals surface area contributed by atoms with Crippen molar-refractivity contribution < 1.29 is 4.79 Å². The third-order valence-corrected chi connectivity index (χ3v) is 6.43. The molecule has 0 aliphatic carbocycles. The molecule has 3 heterocycles. The second-order valence-electron chi connectivity index (χ2n) is 7.53. The highest BCUT2D eigenvalue weighted by molar-refractivity contribution is 7.13. The summed E-state index contributed by atoms with van der Waals surface area (Å²) < 4.78 is 1.52. The van der Waals surface area contributed by atoms with Gasteiger partial charge in [-0.3, -0.25) is 9.59 Å². The van der Waals surface area contributed by atoms with Crippen LogP contribution >= 0.6 is 11.3 Å². The molecule has 0 N–H and O–H groups in total. The Bertz CT molecular complexity index is 1250. The number of aromatic nitrogens is 2. The van der Waals surface area contributed by atoms with Crippen molar-refractivity contribution in [3.8, 4) is 10.6 Å². The second-order valence-corrected chi connectivity index (χ2v) is 8.48. The monoisotopic (exact) mass is 415 g/mol. The fraction of sp³-hybridized carbons (Fsp3) is 0.208. The smallest absolute Gasteiger partial charge is 0.274 e. The Balaban J connectivity index is 1.49. The predicted octanol–water partition coefficient (Wildman–Crippen LogP) is 4.41. The molecule has 0 unspecified atom stereocenters. The number of carbonyl (C=O) groups excluding carboxylic acids is 1. The number of thiophene rings is 1. The molecule has 1 saturated heterocycles. The van der Waals surface area contributed by atoms with Gasteiger partial charge in [0.05, 0.1) is 16.8 Å². The molecule has 4 aromatic rings. The van der Waals surface area contributed by atoms with Crippen molar-refractivity contribution in [2.45, 2.75) is 19.4 Å². The van der Waals surface area contributed by atoms with Crippen molar-refractivity contribution in [2.24, 2.45) is 0 Å². The highest BCUT2D eigenvalue weighted by Crippen LogP contribution is 2.28. The van der Waals surface area contributed by atoms with Crippen LogP contribution in [-0.4, -0.2) is 33.7 Å². The number of hydrogen-bond acceptors (Lipinski definition) is 4. The molecule has 0 atom stereocenters. The number of carbonyl (C=O) groups is 1. The Hall–Kier alpha value is -3.25. The third-order valence-electron chi connectivity index (χ3n) is 5.55. The van der Waals surface area contributed by atoms with Gasteiger partial charge < -0.3 is 4.90 Å². The summed E-state index contributed by atoms with van der Waals surface area (Å²) >= 11 is 1.61. The van der Waals surface area contributed by atoms with Gasteiger partial charge in [0.2, 0.25) is 0 Å².